The smallest absolute Gasteiger partial charge is 0.0755 e. The quantitative estimate of drug-likeness (QED) is 0.499. The van der Waals surface area contributed by atoms with Crippen molar-refractivity contribution in [1.82, 2.24) is 0 Å². The van der Waals surface area contributed by atoms with Gasteiger partial charge in [0.2, 0.25) is 0 Å². The normalized spacial score (nSPS) is 37.4. The lowest BCUT2D eigenvalue weighted by molar-refractivity contribution is 0.155. The lowest BCUT2D eigenvalue weighted by Crippen LogP contribution is -2.33. The Bertz CT molecular complexity index is 610. The van der Waals surface area contributed by atoms with Gasteiger partial charge in [-0.25, -0.2) is 0 Å². The molecule has 0 unspecified atom stereocenters. The highest BCUT2D eigenvalue weighted by atomic mass is 16.3. The summed E-state index contributed by atoms with van der Waals surface area (Å²) >= 11 is 0. The van der Waals surface area contributed by atoms with Gasteiger partial charge in [0.05, 0.1) is 6.10 Å². The molecular formula is C27H44O. The molecule has 0 aromatic carbocycles. The zero-order chi connectivity index (χ0) is 20.3. The number of allylic oxidation sites excluding steroid dienone is 5. The lowest BCUT2D eigenvalue weighted by Gasteiger charge is -2.42. The number of rotatable bonds is 6. The molecule has 0 spiro atoms. The van der Waals surface area contributed by atoms with Gasteiger partial charge in [-0.1, -0.05) is 72.1 Å². The highest BCUT2D eigenvalue weighted by Crippen LogP contribution is 2.56. The van der Waals surface area contributed by atoms with Crippen LogP contribution in [0.5, 0.6) is 0 Å². The molecule has 1 nitrogen and oxygen atoms in total. The van der Waals surface area contributed by atoms with Gasteiger partial charge in [-0.05, 0) is 90.8 Å². The Kier molecular flexibility index (Phi) is 7.29. The molecule has 2 saturated carbocycles. The third-order valence-electron chi connectivity index (χ3n) is 8.17. The Labute approximate surface area is 174 Å². The number of aliphatic hydroxyl groups excluding tert-OH is 1. The molecule has 5 atom stereocenters. The van der Waals surface area contributed by atoms with Gasteiger partial charge < -0.3 is 5.11 Å². The van der Waals surface area contributed by atoms with Crippen LogP contribution in [0, 0.1) is 29.1 Å². The fraction of sp³-hybridized carbons (Fsp3) is 0.778. The maximum absolute atomic E-state index is 10.4. The van der Waals surface area contributed by atoms with Gasteiger partial charge in [-0.15, -0.1) is 0 Å². The second-order valence-electron chi connectivity index (χ2n) is 10.7. The van der Waals surface area contributed by atoms with Crippen LogP contribution < -0.4 is 0 Å². The predicted molar refractivity (Wildman–Crippen MR) is 121 cm³/mol. The van der Waals surface area contributed by atoms with Crippen LogP contribution in [0.2, 0.25) is 0 Å². The van der Waals surface area contributed by atoms with Crippen LogP contribution in [-0.4, -0.2) is 11.2 Å². The van der Waals surface area contributed by atoms with Crippen molar-refractivity contribution in [2.24, 2.45) is 29.1 Å². The minimum absolute atomic E-state index is 0.221. The minimum atomic E-state index is -0.221. The van der Waals surface area contributed by atoms with Crippen molar-refractivity contribution in [2.45, 2.75) is 105 Å². The molecule has 28 heavy (non-hydrogen) atoms. The summed E-state index contributed by atoms with van der Waals surface area (Å²) in [5.74, 6) is 2.98. The summed E-state index contributed by atoms with van der Waals surface area (Å²) in [5.41, 5.74) is 4.84. The molecule has 2 fully saturated rings. The van der Waals surface area contributed by atoms with E-state index in [0.29, 0.717) is 11.3 Å². The zero-order valence-electron chi connectivity index (χ0n) is 19.1. The monoisotopic (exact) mass is 384 g/mol. The molecule has 3 aliphatic rings. The Hall–Kier alpha value is -0.820. The molecule has 1 N–H and O–H groups in total. The molecule has 0 radical (unpaired) electrons. The molecule has 158 valence electrons. The van der Waals surface area contributed by atoms with E-state index in [1.807, 2.05) is 0 Å². The van der Waals surface area contributed by atoms with Gasteiger partial charge >= 0.3 is 0 Å². The van der Waals surface area contributed by atoms with E-state index in [9.17, 15) is 5.11 Å². The summed E-state index contributed by atoms with van der Waals surface area (Å²) in [6.07, 6.45) is 19.6. The van der Waals surface area contributed by atoms with E-state index in [2.05, 4.69) is 52.8 Å². The first-order valence-electron chi connectivity index (χ1n) is 12.1. The van der Waals surface area contributed by atoms with E-state index >= 15 is 0 Å². The van der Waals surface area contributed by atoms with Crippen LogP contribution in [0.1, 0.15) is 98.8 Å². The number of hydrogen-bond donors (Lipinski definition) is 1. The Morgan fingerprint density at radius 1 is 1.14 bits per heavy atom. The standard InChI is InChI=1S/C27H44O/c1-19(2)9-6-11-21(4)24-16-17-25-22(12-8-18-27(24,25)5)14-15-23-20(3)10-7-13-26(23)28/h14-15,17,19-21,24,26,28H,6-13,16,18H2,1-5H3/b22-14-,23-15+/t20-,21-,24-,26+,27-/m1/s1. The Morgan fingerprint density at radius 3 is 2.64 bits per heavy atom. The number of hydrogen-bond acceptors (Lipinski definition) is 1. The summed E-state index contributed by atoms with van der Waals surface area (Å²) in [7, 11) is 0. The van der Waals surface area contributed by atoms with Gasteiger partial charge in [-0.2, -0.15) is 0 Å². The lowest BCUT2D eigenvalue weighted by atomic mass is 9.62. The van der Waals surface area contributed by atoms with Crippen molar-refractivity contribution in [2.75, 3.05) is 0 Å². The molecule has 3 aliphatic carbocycles. The van der Waals surface area contributed by atoms with Crippen LogP contribution in [0.15, 0.2) is 34.9 Å². The summed E-state index contributed by atoms with van der Waals surface area (Å²) in [6.45, 7) is 12.0. The van der Waals surface area contributed by atoms with Gasteiger partial charge in [0.25, 0.3) is 0 Å². The van der Waals surface area contributed by atoms with E-state index in [1.165, 1.54) is 56.9 Å². The van der Waals surface area contributed by atoms with Crippen molar-refractivity contribution >= 4 is 0 Å². The molecular weight excluding hydrogens is 340 g/mol. The molecule has 0 aromatic rings. The maximum atomic E-state index is 10.4. The van der Waals surface area contributed by atoms with Crippen molar-refractivity contribution in [3.63, 3.8) is 0 Å². The number of aliphatic hydroxyl groups is 1. The fourth-order valence-corrected chi connectivity index (χ4v) is 6.37. The van der Waals surface area contributed by atoms with Crippen molar-refractivity contribution < 1.29 is 5.11 Å². The summed E-state index contributed by atoms with van der Waals surface area (Å²) < 4.78 is 0. The fourth-order valence-electron chi connectivity index (χ4n) is 6.37. The van der Waals surface area contributed by atoms with E-state index in [-0.39, 0.29) is 6.10 Å². The van der Waals surface area contributed by atoms with Crippen LogP contribution in [0.3, 0.4) is 0 Å². The Morgan fingerprint density at radius 2 is 1.93 bits per heavy atom. The highest BCUT2D eigenvalue weighted by molar-refractivity contribution is 5.44. The largest absolute Gasteiger partial charge is 0.389 e. The van der Waals surface area contributed by atoms with Crippen LogP contribution in [-0.2, 0) is 0 Å². The first kappa shape index (κ1) is 21.9. The van der Waals surface area contributed by atoms with Crippen LogP contribution in [0.4, 0.5) is 0 Å². The minimum Gasteiger partial charge on any atom is -0.389 e. The highest BCUT2D eigenvalue weighted by Gasteiger charge is 2.45. The summed E-state index contributed by atoms with van der Waals surface area (Å²) in [5, 5.41) is 10.4. The van der Waals surface area contributed by atoms with E-state index in [1.54, 1.807) is 11.1 Å². The summed E-state index contributed by atoms with van der Waals surface area (Å²) in [4.78, 5) is 0. The molecule has 0 bridgehead atoms. The van der Waals surface area contributed by atoms with Gasteiger partial charge in [0.1, 0.15) is 0 Å². The third kappa shape index (κ3) is 4.66. The third-order valence-corrected chi connectivity index (χ3v) is 8.17. The molecule has 0 amide bonds. The topological polar surface area (TPSA) is 20.2 Å². The molecule has 0 aromatic heterocycles. The van der Waals surface area contributed by atoms with Gasteiger partial charge in [0.15, 0.2) is 0 Å². The second kappa shape index (κ2) is 9.33. The predicted octanol–water partition coefficient (Wildman–Crippen LogP) is 7.62. The molecule has 0 aliphatic heterocycles. The summed E-state index contributed by atoms with van der Waals surface area (Å²) in [6, 6.07) is 0. The van der Waals surface area contributed by atoms with Gasteiger partial charge in [0, 0.05) is 0 Å². The molecule has 1 heteroatoms. The second-order valence-corrected chi connectivity index (χ2v) is 10.7. The average molecular weight is 385 g/mol. The number of fused-ring (bicyclic) bond motifs is 1. The van der Waals surface area contributed by atoms with Crippen molar-refractivity contribution in [3.8, 4) is 0 Å². The molecule has 0 heterocycles. The van der Waals surface area contributed by atoms with Gasteiger partial charge in [-0.3, -0.25) is 0 Å². The van der Waals surface area contributed by atoms with Crippen LogP contribution in [0.25, 0.3) is 0 Å². The molecule has 0 saturated heterocycles. The first-order valence-corrected chi connectivity index (χ1v) is 12.1. The van der Waals surface area contributed by atoms with Crippen molar-refractivity contribution in [3.05, 3.63) is 34.9 Å². The Balaban J connectivity index is 1.72. The average Bonchev–Trinajstić information content (AvgIpc) is 2.98. The first-order chi connectivity index (χ1) is 13.3. The zero-order valence-corrected chi connectivity index (χ0v) is 19.1. The maximum Gasteiger partial charge on any atom is 0.0755 e. The van der Waals surface area contributed by atoms with E-state index < -0.39 is 0 Å². The van der Waals surface area contributed by atoms with E-state index in [4.69, 9.17) is 0 Å². The SMILES string of the molecule is CC(C)CCC[C@@H](C)[C@H]1CC=C2/C(=C\C=C3/[C@H](C)CCC[C@@H]3O)CCC[C@@]21C. The van der Waals surface area contributed by atoms with Crippen molar-refractivity contribution in [1.29, 1.82) is 0 Å². The molecule has 3 rings (SSSR count). The van der Waals surface area contributed by atoms with Crippen LogP contribution >= 0.6 is 0 Å². The van der Waals surface area contributed by atoms with E-state index in [0.717, 1.165) is 30.6 Å².